The third-order valence-corrected chi connectivity index (χ3v) is 4.22. The van der Waals surface area contributed by atoms with Gasteiger partial charge < -0.3 is 14.8 Å². The molecule has 4 rings (SSSR count). The van der Waals surface area contributed by atoms with Crippen LogP contribution in [-0.4, -0.2) is 34.0 Å². The minimum atomic E-state index is -0.0680. The second-order valence-electron chi connectivity index (χ2n) is 5.96. The highest BCUT2D eigenvalue weighted by Crippen LogP contribution is 2.27. The largest absolute Gasteiger partial charge is 0.360 e. The summed E-state index contributed by atoms with van der Waals surface area (Å²) in [5.41, 5.74) is 3.76. The van der Waals surface area contributed by atoms with E-state index in [1.807, 2.05) is 6.07 Å². The second kappa shape index (κ2) is 5.55. The standard InChI is InChI=1S/C17H18N4O2/c1-11-8-16(20-23-11)19-17(22)10-21-7-6-15-13(9-21)12-4-2-3-5-14(12)18-15/h2-5,8,18H,6-7,9-10H2,1H3,(H,19,20,22). The average Bonchev–Trinajstić information content (AvgIpc) is 3.10. The molecule has 1 aliphatic heterocycles. The zero-order valence-electron chi connectivity index (χ0n) is 12.9. The fraction of sp³-hybridized carbons (Fsp3) is 0.294. The Morgan fingerprint density at radius 1 is 1.43 bits per heavy atom. The highest BCUT2D eigenvalue weighted by molar-refractivity contribution is 5.91. The maximum Gasteiger partial charge on any atom is 0.239 e. The van der Waals surface area contributed by atoms with Crippen molar-refractivity contribution >= 4 is 22.6 Å². The zero-order valence-corrected chi connectivity index (χ0v) is 12.9. The average molecular weight is 310 g/mol. The van der Waals surface area contributed by atoms with Crippen LogP contribution in [0.5, 0.6) is 0 Å². The first-order chi connectivity index (χ1) is 11.2. The van der Waals surface area contributed by atoms with Crippen molar-refractivity contribution in [3.63, 3.8) is 0 Å². The molecule has 3 heterocycles. The predicted octanol–water partition coefficient (Wildman–Crippen LogP) is 2.46. The number of hydrogen-bond acceptors (Lipinski definition) is 4. The maximum absolute atomic E-state index is 12.2. The molecule has 0 bridgehead atoms. The van der Waals surface area contributed by atoms with Crippen LogP contribution in [0.3, 0.4) is 0 Å². The molecule has 0 fully saturated rings. The van der Waals surface area contributed by atoms with Gasteiger partial charge in [0.25, 0.3) is 0 Å². The van der Waals surface area contributed by atoms with Crippen LogP contribution in [0, 0.1) is 6.92 Å². The monoisotopic (exact) mass is 310 g/mol. The molecule has 2 aromatic heterocycles. The van der Waals surface area contributed by atoms with Crippen molar-refractivity contribution in [2.24, 2.45) is 0 Å². The van der Waals surface area contributed by atoms with Gasteiger partial charge in [-0.3, -0.25) is 9.69 Å². The van der Waals surface area contributed by atoms with E-state index in [1.165, 1.54) is 22.2 Å². The molecular formula is C17H18N4O2. The van der Waals surface area contributed by atoms with E-state index >= 15 is 0 Å². The summed E-state index contributed by atoms with van der Waals surface area (Å²) >= 11 is 0. The molecular weight excluding hydrogens is 292 g/mol. The first-order valence-corrected chi connectivity index (χ1v) is 7.73. The van der Waals surface area contributed by atoms with Gasteiger partial charge >= 0.3 is 0 Å². The lowest BCUT2D eigenvalue weighted by atomic mass is 10.0. The summed E-state index contributed by atoms with van der Waals surface area (Å²) in [6.07, 6.45) is 0.931. The molecule has 0 unspecified atom stereocenters. The smallest absolute Gasteiger partial charge is 0.239 e. The fourth-order valence-corrected chi connectivity index (χ4v) is 3.17. The molecule has 0 saturated carbocycles. The Morgan fingerprint density at radius 2 is 2.30 bits per heavy atom. The van der Waals surface area contributed by atoms with Gasteiger partial charge in [0, 0.05) is 42.2 Å². The van der Waals surface area contributed by atoms with Gasteiger partial charge in [0.05, 0.1) is 6.54 Å². The van der Waals surface area contributed by atoms with Gasteiger partial charge in [0.1, 0.15) is 5.76 Å². The Labute approximate surface area is 133 Å². The lowest BCUT2D eigenvalue weighted by Gasteiger charge is -2.26. The van der Waals surface area contributed by atoms with Crippen LogP contribution in [0.4, 0.5) is 5.82 Å². The number of aromatic amines is 1. The van der Waals surface area contributed by atoms with Crippen LogP contribution in [0.2, 0.25) is 0 Å². The number of hydrogen-bond donors (Lipinski definition) is 2. The van der Waals surface area contributed by atoms with Crippen LogP contribution < -0.4 is 5.32 Å². The molecule has 118 valence electrons. The van der Waals surface area contributed by atoms with Crippen molar-refractivity contribution in [3.05, 3.63) is 47.3 Å². The fourth-order valence-electron chi connectivity index (χ4n) is 3.17. The summed E-state index contributed by atoms with van der Waals surface area (Å²) in [6.45, 7) is 3.80. The molecule has 23 heavy (non-hydrogen) atoms. The first-order valence-electron chi connectivity index (χ1n) is 7.73. The Hall–Kier alpha value is -2.60. The minimum absolute atomic E-state index is 0.0680. The van der Waals surface area contributed by atoms with Gasteiger partial charge in [-0.2, -0.15) is 0 Å². The van der Waals surface area contributed by atoms with Gasteiger partial charge in [0.2, 0.25) is 5.91 Å². The Morgan fingerprint density at radius 3 is 3.13 bits per heavy atom. The third-order valence-electron chi connectivity index (χ3n) is 4.22. The molecule has 6 heteroatoms. The van der Waals surface area contributed by atoms with Gasteiger partial charge in [-0.1, -0.05) is 23.4 Å². The number of nitrogens with zero attached hydrogens (tertiary/aromatic N) is 2. The van der Waals surface area contributed by atoms with Gasteiger partial charge in [-0.05, 0) is 18.6 Å². The SMILES string of the molecule is Cc1cc(NC(=O)CN2CCc3[nH]c4ccccc4c3C2)no1. The number of aryl methyl sites for hydroxylation is 1. The maximum atomic E-state index is 12.2. The number of aromatic nitrogens is 2. The molecule has 6 nitrogen and oxygen atoms in total. The number of anilines is 1. The van der Waals surface area contributed by atoms with E-state index in [2.05, 4.69) is 38.6 Å². The topological polar surface area (TPSA) is 74.2 Å². The van der Waals surface area contributed by atoms with Gasteiger partial charge in [-0.25, -0.2) is 0 Å². The van der Waals surface area contributed by atoms with Crippen molar-refractivity contribution in [3.8, 4) is 0 Å². The van der Waals surface area contributed by atoms with E-state index in [0.717, 1.165) is 19.5 Å². The number of amides is 1. The van der Waals surface area contributed by atoms with E-state index in [4.69, 9.17) is 4.52 Å². The molecule has 0 aliphatic carbocycles. The summed E-state index contributed by atoms with van der Waals surface area (Å²) < 4.78 is 4.96. The summed E-state index contributed by atoms with van der Waals surface area (Å²) in [7, 11) is 0. The number of fused-ring (bicyclic) bond motifs is 3. The summed E-state index contributed by atoms with van der Waals surface area (Å²) in [5.74, 6) is 1.08. The van der Waals surface area contributed by atoms with Crippen molar-refractivity contribution < 1.29 is 9.32 Å². The van der Waals surface area contributed by atoms with Crippen LogP contribution in [0.15, 0.2) is 34.9 Å². The highest BCUT2D eigenvalue weighted by Gasteiger charge is 2.22. The molecule has 0 radical (unpaired) electrons. The van der Waals surface area contributed by atoms with E-state index in [1.54, 1.807) is 13.0 Å². The van der Waals surface area contributed by atoms with Gasteiger partial charge in [-0.15, -0.1) is 0 Å². The summed E-state index contributed by atoms with van der Waals surface area (Å²) in [4.78, 5) is 17.8. The van der Waals surface area contributed by atoms with E-state index < -0.39 is 0 Å². The number of rotatable bonds is 3. The Bertz CT molecular complexity index is 864. The molecule has 2 N–H and O–H groups in total. The quantitative estimate of drug-likeness (QED) is 0.779. The molecule has 0 saturated heterocycles. The Balaban J connectivity index is 1.46. The third kappa shape index (κ3) is 2.73. The van der Waals surface area contributed by atoms with Gasteiger partial charge in [0.15, 0.2) is 5.82 Å². The van der Waals surface area contributed by atoms with Crippen molar-refractivity contribution in [2.45, 2.75) is 19.9 Å². The number of para-hydroxylation sites is 1. The molecule has 0 spiro atoms. The first kappa shape index (κ1) is 14.0. The normalized spacial score (nSPS) is 14.8. The van der Waals surface area contributed by atoms with E-state index in [-0.39, 0.29) is 5.91 Å². The van der Waals surface area contributed by atoms with Crippen LogP contribution in [-0.2, 0) is 17.8 Å². The molecule has 1 aromatic carbocycles. The lowest BCUT2D eigenvalue weighted by Crippen LogP contribution is -2.37. The second-order valence-corrected chi connectivity index (χ2v) is 5.96. The number of H-pyrrole nitrogens is 1. The molecule has 1 aliphatic rings. The van der Waals surface area contributed by atoms with Crippen molar-refractivity contribution in [2.75, 3.05) is 18.4 Å². The highest BCUT2D eigenvalue weighted by atomic mass is 16.5. The molecule has 3 aromatic rings. The lowest BCUT2D eigenvalue weighted by molar-refractivity contribution is -0.117. The van der Waals surface area contributed by atoms with Crippen LogP contribution in [0.25, 0.3) is 10.9 Å². The molecule has 0 atom stereocenters. The number of nitrogens with one attached hydrogen (secondary N) is 2. The minimum Gasteiger partial charge on any atom is -0.360 e. The summed E-state index contributed by atoms with van der Waals surface area (Å²) in [5, 5.41) is 7.81. The van der Waals surface area contributed by atoms with E-state index in [9.17, 15) is 4.79 Å². The van der Waals surface area contributed by atoms with Crippen LogP contribution in [0.1, 0.15) is 17.0 Å². The number of carbonyl (C=O) groups excluding carboxylic acids is 1. The Kier molecular flexibility index (Phi) is 3.38. The predicted molar refractivity (Wildman–Crippen MR) is 87.1 cm³/mol. The van der Waals surface area contributed by atoms with Crippen LogP contribution >= 0.6 is 0 Å². The summed E-state index contributed by atoms with van der Waals surface area (Å²) in [6, 6.07) is 10.0. The number of benzene rings is 1. The van der Waals surface area contributed by atoms with Crippen molar-refractivity contribution in [1.29, 1.82) is 0 Å². The van der Waals surface area contributed by atoms with E-state index in [0.29, 0.717) is 18.1 Å². The van der Waals surface area contributed by atoms with Crippen molar-refractivity contribution in [1.82, 2.24) is 15.0 Å². The molecule has 1 amide bonds. The zero-order chi connectivity index (χ0) is 15.8. The number of carbonyl (C=O) groups is 1.